The van der Waals surface area contributed by atoms with Crippen LogP contribution in [0.1, 0.15) is 44.6 Å². The number of hydrogen-bond donors (Lipinski definition) is 0. The third-order valence-corrected chi connectivity index (χ3v) is 8.34. The summed E-state index contributed by atoms with van der Waals surface area (Å²) in [6.07, 6.45) is 5.27. The fraction of sp³-hybridized carbons (Fsp3) is 0.727. The van der Waals surface area contributed by atoms with Crippen LogP contribution in [0.5, 0.6) is 0 Å². The van der Waals surface area contributed by atoms with Gasteiger partial charge in [-0.15, -0.1) is 0 Å². The summed E-state index contributed by atoms with van der Waals surface area (Å²) in [4.78, 5) is 4.81. The SMILES string of the molecule is CCc1ccc(S(=O)(=O)N2C(CCCCN(C)C)COC23CCN(C)CC3)cc1. The van der Waals surface area contributed by atoms with Crippen LogP contribution in [0.2, 0.25) is 0 Å². The Morgan fingerprint density at radius 1 is 1.14 bits per heavy atom. The molecule has 1 aromatic carbocycles. The van der Waals surface area contributed by atoms with Crippen molar-refractivity contribution in [2.75, 3.05) is 47.4 Å². The highest BCUT2D eigenvalue weighted by Crippen LogP contribution is 2.42. The van der Waals surface area contributed by atoms with Crippen molar-refractivity contribution in [1.29, 1.82) is 0 Å². The molecule has 1 unspecified atom stereocenters. The van der Waals surface area contributed by atoms with Crippen molar-refractivity contribution in [2.45, 2.75) is 62.1 Å². The van der Waals surface area contributed by atoms with E-state index in [-0.39, 0.29) is 6.04 Å². The van der Waals surface area contributed by atoms with Crippen LogP contribution in [0.25, 0.3) is 0 Å². The first-order valence-electron chi connectivity index (χ1n) is 10.9. The lowest BCUT2D eigenvalue weighted by Gasteiger charge is -2.43. The zero-order valence-electron chi connectivity index (χ0n) is 18.4. The predicted molar refractivity (Wildman–Crippen MR) is 116 cm³/mol. The number of nitrogens with zero attached hydrogens (tertiary/aromatic N) is 3. The third kappa shape index (κ3) is 5.02. The van der Waals surface area contributed by atoms with Gasteiger partial charge in [-0.1, -0.05) is 25.5 Å². The Labute approximate surface area is 176 Å². The molecule has 2 saturated heterocycles. The molecule has 2 aliphatic heterocycles. The molecule has 2 aliphatic rings. The third-order valence-electron chi connectivity index (χ3n) is 6.33. The minimum Gasteiger partial charge on any atom is -0.358 e. The lowest BCUT2D eigenvalue weighted by molar-refractivity contribution is -0.0884. The monoisotopic (exact) mass is 423 g/mol. The molecule has 164 valence electrons. The first-order valence-corrected chi connectivity index (χ1v) is 12.3. The normalized spacial score (nSPS) is 23.3. The van der Waals surface area contributed by atoms with Crippen molar-refractivity contribution in [3.8, 4) is 0 Å². The predicted octanol–water partition coefficient (Wildman–Crippen LogP) is 2.79. The number of benzene rings is 1. The van der Waals surface area contributed by atoms with Crippen LogP contribution < -0.4 is 0 Å². The van der Waals surface area contributed by atoms with Gasteiger partial charge in [-0.2, -0.15) is 4.31 Å². The van der Waals surface area contributed by atoms with E-state index in [9.17, 15) is 8.42 Å². The molecule has 29 heavy (non-hydrogen) atoms. The number of rotatable bonds is 8. The molecule has 0 radical (unpaired) electrons. The first kappa shape index (κ1) is 22.7. The molecule has 3 rings (SSSR count). The Balaban J connectivity index is 1.85. The quantitative estimate of drug-likeness (QED) is 0.602. The van der Waals surface area contributed by atoms with Crippen LogP contribution in [0.3, 0.4) is 0 Å². The van der Waals surface area contributed by atoms with Gasteiger partial charge >= 0.3 is 0 Å². The summed E-state index contributed by atoms with van der Waals surface area (Å²) >= 11 is 0. The van der Waals surface area contributed by atoms with Gasteiger partial charge in [0, 0.05) is 25.9 Å². The highest BCUT2D eigenvalue weighted by Gasteiger charge is 2.54. The number of piperidine rings is 1. The molecule has 1 atom stereocenters. The van der Waals surface area contributed by atoms with E-state index in [0.717, 1.165) is 63.7 Å². The number of hydrogen-bond acceptors (Lipinski definition) is 5. The molecule has 6 nitrogen and oxygen atoms in total. The van der Waals surface area contributed by atoms with Crippen LogP contribution in [0.15, 0.2) is 29.2 Å². The maximum atomic E-state index is 13.8. The molecule has 1 aromatic rings. The van der Waals surface area contributed by atoms with Gasteiger partial charge in [-0.05, 0) is 64.6 Å². The molecule has 7 heteroatoms. The van der Waals surface area contributed by atoms with E-state index in [1.165, 1.54) is 0 Å². The second-order valence-corrected chi connectivity index (χ2v) is 10.6. The van der Waals surface area contributed by atoms with Crippen molar-refractivity contribution in [2.24, 2.45) is 0 Å². The molecule has 0 bridgehead atoms. The van der Waals surface area contributed by atoms with E-state index in [4.69, 9.17) is 4.74 Å². The van der Waals surface area contributed by atoms with E-state index < -0.39 is 15.7 Å². The minimum absolute atomic E-state index is 0.0866. The van der Waals surface area contributed by atoms with E-state index in [1.54, 1.807) is 16.4 Å². The number of ether oxygens (including phenoxy) is 1. The Bertz CT molecular complexity index is 756. The van der Waals surface area contributed by atoms with E-state index in [0.29, 0.717) is 11.5 Å². The van der Waals surface area contributed by atoms with Crippen molar-refractivity contribution in [3.05, 3.63) is 29.8 Å². The second-order valence-electron chi connectivity index (χ2n) is 8.81. The summed E-state index contributed by atoms with van der Waals surface area (Å²) in [6, 6.07) is 7.29. The van der Waals surface area contributed by atoms with E-state index in [2.05, 4.69) is 37.9 Å². The highest BCUT2D eigenvalue weighted by molar-refractivity contribution is 7.89. The Kier molecular flexibility index (Phi) is 7.38. The molecule has 0 N–H and O–H groups in total. The van der Waals surface area contributed by atoms with Crippen LogP contribution in [-0.2, 0) is 21.2 Å². The van der Waals surface area contributed by atoms with Crippen molar-refractivity contribution >= 4 is 10.0 Å². The number of likely N-dealkylation sites (tertiary alicyclic amines) is 1. The number of aryl methyl sites for hydroxylation is 1. The van der Waals surface area contributed by atoms with E-state index in [1.807, 2.05) is 12.1 Å². The molecule has 1 spiro atoms. The molecule has 0 saturated carbocycles. The molecular weight excluding hydrogens is 386 g/mol. The lowest BCUT2D eigenvalue weighted by Crippen LogP contribution is -2.56. The smallest absolute Gasteiger partial charge is 0.245 e. The summed E-state index contributed by atoms with van der Waals surface area (Å²) < 4.78 is 35.6. The topological polar surface area (TPSA) is 53.1 Å². The molecule has 2 fully saturated rings. The van der Waals surface area contributed by atoms with Crippen LogP contribution in [0.4, 0.5) is 0 Å². The molecule has 0 aromatic heterocycles. The molecule has 0 amide bonds. The van der Waals surface area contributed by atoms with Crippen molar-refractivity contribution in [1.82, 2.24) is 14.1 Å². The van der Waals surface area contributed by atoms with Crippen LogP contribution in [-0.4, -0.2) is 81.7 Å². The van der Waals surface area contributed by atoms with Crippen molar-refractivity contribution < 1.29 is 13.2 Å². The first-order chi connectivity index (χ1) is 13.8. The Hall–Kier alpha value is -0.990. The summed E-state index contributed by atoms with van der Waals surface area (Å²) in [5, 5.41) is 0. The maximum Gasteiger partial charge on any atom is 0.245 e. The molecule has 0 aliphatic carbocycles. The minimum atomic E-state index is -3.61. The lowest BCUT2D eigenvalue weighted by atomic mass is 10.00. The Morgan fingerprint density at radius 3 is 2.38 bits per heavy atom. The van der Waals surface area contributed by atoms with Gasteiger partial charge < -0.3 is 14.5 Å². The van der Waals surface area contributed by atoms with Gasteiger partial charge in [0.2, 0.25) is 10.0 Å². The summed E-state index contributed by atoms with van der Waals surface area (Å²) in [7, 11) is 2.62. The van der Waals surface area contributed by atoms with Gasteiger partial charge in [0.05, 0.1) is 17.5 Å². The fourth-order valence-corrected chi connectivity index (χ4v) is 6.42. The van der Waals surface area contributed by atoms with Gasteiger partial charge in [0.25, 0.3) is 0 Å². The van der Waals surface area contributed by atoms with Crippen molar-refractivity contribution in [3.63, 3.8) is 0 Å². The van der Waals surface area contributed by atoms with E-state index >= 15 is 0 Å². The highest BCUT2D eigenvalue weighted by atomic mass is 32.2. The number of sulfonamides is 1. The largest absolute Gasteiger partial charge is 0.358 e. The molecule has 2 heterocycles. The van der Waals surface area contributed by atoms with Gasteiger partial charge in [0.1, 0.15) is 5.72 Å². The summed E-state index contributed by atoms with van der Waals surface area (Å²) in [5.74, 6) is 0. The standard InChI is InChI=1S/C22H37N3O3S/c1-5-19-9-11-21(12-10-19)29(26,27)25-20(8-6-7-15-23(2)3)18-28-22(25)13-16-24(4)17-14-22/h9-12,20H,5-8,13-18H2,1-4H3. The molecular formula is C22H37N3O3S. The van der Waals surface area contributed by atoms with Gasteiger partial charge in [-0.25, -0.2) is 8.42 Å². The average molecular weight is 424 g/mol. The van der Waals surface area contributed by atoms with Gasteiger partial charge in [-0.3, -0.25) is 0 Å². The zero-order valence-corrected chi connectivity index (χ0v) is 19.2. The fourth-order valence-electron chi connectivity index (χ4n) is 4.48. The van der Waals surface area contributed by atoms with Gasteiger partial charge in [0.15, 0.2) is 0 Å². The summed E-state index contributed by atoms with van der Waals surface area (Å²) in [5.41, 5.74) is 0.455. The Morgan fingerprint density at radius 2 is 1.79 bits per heavy atom. The summed E-state index contributed by atoms with van der Waals surface area (Å²) in [6.45, 7) is 5.31. The van der Waals surface area contributed by atoms with Crippen LogP contribution in [0, 0.1) is 0 Å². The maximum absolute atomic E-state index is 13.8. The van der Waals surface area contributed by atoms with Crippen LogP contribution >= 0.6 is 0 Å². The zero-order chi connectivity index (χ0) is 21.1. The second kappa shape index (κ2) is 9.43. The average Bonchev–Trinajstić information content (AvgIpc) is 3.06. The number of unbranched alkanes of at least 4 members (excludes halogenated alkanes) is 1.